The average molecular weight is 436 g/mol. The highest BCUT2D eigenvalue weighted by Crippen LogP contribution is 2.35. The van der Waals surface area contributed by atoms with Crippen LogP contribution >= 0.6 is 0 Å². The molecule has 2 aliphatic heterocycles. The Morgan fingerprint density at radius 3 is 2.50 bits per heavy atom. The number of piperidine rings is 1. The van der Waals surface area contributed by atoms with Gasteiger partial charge in [-0.25, -0.2) is 0 Å². The molecule has 2 aromatic rings. The normalized spacial score (nSPS) is 19.1. The lowest BCUT2D eigenvalue weighted by atomic mass is 9.90. The molecule has 6 nitrogen and oxygen atoms in total. The zero-order valence-corrected chi connectivity index (χ0v) is 19.0. The second-order valence-electron chi connectivity index (χ2n) is 9.08. The van der Waals surface area contributed by atoms with Crippen molar-refractivity contribution in [3.8, 4) is 5.75 Å². The predicted molar refractivity (Wildman–Crippen MR) is 125 cm³/mol. The molecule has 2 heterocycles. The van der Waals surface area contributed by atoms with Crippen LogP contribution in [0.25, 0.3) is 0 Å². The van der Waals surface area contributed by atoms with Crippen molar-refractivity contribution in [3.05, 3.63) is 65.7 Å². The van der Waals surface area contributed by atoms with E-state index < -0.39 is 5.60 Å². The molecule has 2 aromatic carbocycles. The highest BCUT2D eigenvalue weighted by atomic mass is 16.5. The molecule has 170 valence electrons. The Morgan fingerprint density at radius 2 is 1.78 bits per heavy atom. The van der Waals surface area contributed by atoms with Gasteiger partial charge in [0, 0.05) is 38.5 Å². The van der Waals surface area contributed by atoms with Crippen molar-refractivity contribution >= 4 is 11.8 Å². The maximum atomic E-state index is 13.3. The van der Waals surface area contributed by atoms with Crippen LogP contribution in [0.3, 0.4) is 0 Å². The summed E-state index contributed by atoms with van der Waals surface area (Å²) in [5.74, 6) is 0.367. The summed E-state index contributed by atoms with van der Waals surface area (Å²) in [4.78, 5) is 30.0. The molecule has 1 atom stereocenters. The van der Waals surface area contributed by atoms with Gasteiger partial charge in [0.25, 0.3) is 5.91 Å². The summed E-state index contributed by atoms with van der Waals surface area (Å²) in [6.07, 6.45) is 2.47. The van der Waals surface area contributed by atoms with E-state index in [4.69, 9.17) is 4.74 Å². The average Bonchev–Trinajstić information content (AvgIpc) is 2.91. The number of para-hydroxylation sites is 1. The fourth-order valence-electron chi connectivity index (χ4n) is 4.53. The van der Waals surface area contributed by atoms with Gasteiger partial charge in [-0.1, -0.05) is 49.4 Å². The highest BCUT2D eigenvalue weighted by molar-refractivity contribution is 5.99. The number of ether oxygens (including phenoxy) is 1. The fourth-order valence-corrected chi connectivity index (χ4v) is 4.53. The molecule has 0 radical (unpaired) electrons. The molecular formula is C26H33N3O3. The first-order valence-electron chi connectivity index (χ1n) is 11.6. The van der Waals surface area contributed by atoms with E-state index >= 15 is 0 Å². The Labute approximate surface area is 190 Å². The van der Waals surface area contributed by atoms with E-state index in [1.807, 2.05) is 38.1 Å². The number of carbonyl (C=O) groups is 2. The summed E-state index contributed by atoms with van der Waals surface area (Å²) >= 11 is 0. The molecule has 1 fully saturated rings. The molecule has 0 bridgehead atoms. The van der Waals surface area contributed by atoms with Crippen LogP contribution in [0, 0.1) is 0 Å². The minimum absolute atomic E-state index is 0.0519. The molecule has 2 aliphatic rings. The van der Waals surface area contributed by atoms with Gasteiger partial charge in [0.15, 0.2) is 0 Å². The Kier molecular flexibility index (Phi) is 6.80. The Morgan fingerprint density at radius 1 is 1.09 bits per heavy atom. The van der Waals surface area contributed by atoms with Gasteiger partial charge in [-0.05, 0) is 31.0 Å². The zero-order chi connectivity index (χ0) is 22.6. The lowest BCUT2D eigenvalue weighted by Crippen LogP contribution is -2.55. The van der Waals surface area contributed by atoms with E-state index in [0.717, 1.165) is 38.9 Å². The quantitative estimate of drug-likeness (QED) is 0.755. The van der Waals surface area contributed by atoms with Gasteiger partial charge in [0.2, 0.25) is 5.91 Å². The smallest absolute Gasteiger partial charge is 0.258 e. The third-order valence-electron chi connectivity index (χ3n) is 6.58. The first-order chi connectivity index (χ1) is 15.5. The molecule has 1 spiro atoms. The van der Waals surface area contributed by atoms with Crippen molar-refractivity contribution in [1.29, 1.82) is 0 Å². The first kappa shape index (κ1) is 22.3. The molecular weight excluding hydrogens is 402 g/mol. The SMILES string of the molecule is CCC(C)NC(=O)CN1CC2(CCN(Cc3ccccc3)CC2)Oc2ccccc2C1=O. The molecule has 6 heteroatoms. The van der Waals surface area contributed by atoms with Gasteiger partial charge in [-0.15, -0.1) is 0 Å². The van der Waals surface area contributed by atoms with Crippen molar-refractivity contribution < 1.29 is 14.3 Å². The maximum Gasteiger partial charge on any atom is 0.258 e. The highest BCUT2D eigenvalue weighted by Gasteiger charge is 2.43. The molecule has 2 amide bonds. The molecule has 32 heavy (non-hydrogen) atoms. The van der Waals surface area contributed by atoms with Crippen molar-refractivity contribution in [2.24, 2.45) is 0 Å². The van der Waals surface area contributed by atoms with Gasteiger partial charge in [0.1, 0.15) is 17.9 Å². The van der Waals surface area contributed by atoms with Crippen molar-refractivity contribution in [3.63, 3.8) is 0 Å². The van der Waals surface area contributed by atoms with E-state index in [1.165, 1.54) is 5.56 Å². The number of hydrogen-bond donors (Lipinski definition) is 1. The van der Waals surface area contributed by atoms with Crippen LogP contribution in [0.1, 0.15) is 49.0 Å². The summed E-state index contributed by atoms with van der Waals surface area (Å²) in [7, 11) is 0. The number of benzene rings is 2. The zero-order valence-electron chi connectivity index (χ0n) is 19.0. The van der Waals surface area contributed by atoms with Gasteiger partial charge in [-0.2, -0.15) is 0 Å². The van der Waals surface area contributed by atoms with Crippen LogP contribution in [-0.4, -0.2) is 59.4 Å². The van der Waals surface area contributed by atoms with Crippen LogP contribution in [0.2, 0.25) is 0 Å². The summed E-state index contributed by atoms with van der Waals surface area (Å²) in [5.41, 5.74) is 1.35. The van der Waals surface area contributed by atoms with Crippen molar-refractivity contribution in [1.82, 2.24) is 15.1 Å². The number of amides is 2. The standard InChI is InChI=1S/C26H33N3O3/c1-3-20(2)27-24(30)18-29-19-26(32-23-12-8-7-11-22(23)25(29)31)13-15-28(16-14-26)17-21-9-5-4-6-10-21/h4-12,20H,3,13-19H2,1-2H3,(H,27,30). The maximum absolute atomic E-state index is 13.3. The second kappa shape index (κ2) is 9.74. The summed E-state index contributed by atoms with van der Waals surface area (Å²) in [6.45, 7) is 7.17. The molecule has 1 N–H and O–H groups in total. The molecule has 4 rings (SSSR count). The summed E-state index contributed by atoms with van der Waals surface area (Å²) in [5, 5.41) is 2.99. The molecule has 1 unspecified atom stereocenters. The number of rotatable bonds is 6. The largest absolute Gasteiger partial charge is 0.484 e. The number of hydrogen-bond acceptors (Lipinski definition) is 4. The number of carbonyl (C=O) groups excluding carboxylic acids is 2. The first-order valence-corrected chi connectivity index (χ1v) is 11.6. The van der Waals surface area contributed by atoms with Crippen LogP contribution < -0.4 is 10.1 Å². The molecule has 0 aromatic heterocycles. The topological polar surface area (TPSA) is 61.9 Å². The number of nitrogens with zero attached hydrogens (tertiary/aromatic N) is 2. The lowest BCUT2D eigenvalue weighted by Gasteiger charge is -2.42. The molecule has 1 saturated heterocycles. The second-order valence-corrected chi connectivity index (χ2v) is 9.08. The van der Waals surface area contributed by atoms with Crippen molar-refractivity contribution in [2.45, 2.75) is 51.3 Å². The van der Waals surface area contributed by atoms with E-state index in [0.29, 0.717) is 17.9 Å². The fraction of sp³-hybridized carbons (Fsp3) is 0.462. The van der Waals surface area contributed by atoms with Crippen LogP contribution in [0.5, 0.6) is 5.75 Å². The van der Waals surface area contributed by atoms with Crippen LogP contribution in [-0.2, 0) is 11.3 Å². The minimum atomic E-state index is -0.480. The Balaban J connectivity index is 1.50. The van der Waals surface area contributed by atoms with E-state index in [1.54, 1.807) is 11.0 Å². The van der Waals surface area contributed by atoms with Gasteiger partial charge < -0.3 is 15.0 Å². The van der Waals surface area contributed by atoms with Crippen molar-refractivity contribution in [2.75, 3.05) is 26.2 Å². The Hall–Kier alpha value is -2.86. The van der Waals surface area contributed by atoms with Gasteiger partial charge in [0.05, 0.1) is 12.1 Å². The number of nitrogens with one attached hydrogen (secondary N) is 1. The minimum Gasteiger partial charge on any atom is -0.484 e. The van der Waals surface area contributed by atoms with Gasteiger partial charge in [-0.3, -0.25) is 14.5 Å². The third-order valence-corrected chi connectivity index (χ3v) is 6.58. The van der Waals surface area contributed by atoms with Gasteiger partial charge >= 0.3 is 0 Å². The van der Waals surface area contributed by atoms with E-state index in [9.17, 15) is 9.59 Å². The van der Waals surface area contributed by atoms with E-state index in [2.05, 4.69) is 34.5 Å². The summed E-state index contributed by atoms with van der Waals surface area (Å²) in [6, 6.07) is 18.0. The summed E-state index contributed by atoms with van der Waals surface area (Å²) < 4.78 is 6.55. The molecule has 0 aliphatic carbocycles. The monoisotopic (exact) mass is 435 g/mol. The molecule has 0 saturated carbocycles. The predicted octanol–water partition coefficient (Wildman–Crippen LogP) is 3.47. The van der Waals surface area contributed by atoms with E-state index in [-0.39, 0.29) is 24.4 Å². The third kappa shape index (κ3) is 5.13. The number of fused-ring (bicyclic) bond motifs is 1. The van der Waals surface area contributed by atoms with Crippen LogP contribution in [0.4, 0.5) is 0 Å². The lowest BCUT2D eigenvalue weighted by molar-refractivity contribution is -0.123. The number of likely N-dealkylation sites (tertiary alicyclic amines) is 1. The Bertz CT molecular complexity index is 938. The van der Waals surface area contributed by atoms with Crippen LogP contribution in [0.15, 0.2) is 54.6 Å².